The van der Waals surface area contributed by atoms with Crippen molar-refractivity contribution < 1.29 is 18.3 Å². The summed E-state index contributed by atoms with van der Waals surface area (Å²) >= 11 is 1.61. The minimum absolute atomic E-state index is 0.351. The SMILES string of the molecule is CSc1ccc(O[C@@H](C)C(=O)Nc2cnn(CC(F)F)c2)cc1. The van der Waals surface area contributed by atoms with Crippen LogP contribution in [-0.4, -0.2) is 34.5 Å². The maximum absolute atomic E-state index is 12.2. The van der Waals surface area contributed by atoms with Crippen molar-refractivity contribution in [2.45, 2.75) is 30.9 Å². The second kappa shape index (κ2) is 7.96. The van der Waals surface area contributed by atoms with Crippen molar-refractivity contribution in [2.75, 3.05) is 11.6 Å². The number of nitrogens with zero attached hydrogens (tertiary/aromatic N) is 2. The van der Waals surface area contributed by atoms with Gasteiger partial charge in [0.2, 0.25) is 0 Å². The van der Waals surface area contributed by atoms with E-state index in [1.54, 1.807) is 30.8 Å². The number of carbonyl (C=O) groups excluding carboxylic acids is 1. The zero-order valence-corrected chi connectivity index (χ0v) is 13.5. The van der Waals surface area contributed by atoms with Crippen LogP contribution < -0.4 is 10.1 Å². The average Bonchev–Trinajstić information content (AvgIpc) is 2.94. The summed E-state index contributed by atoms with van der Waals surface area (Å²) in [4.78, 5) is 13.1. The van der Waals surface area contributed by atoms with E-state index in [9.17, 15) is 13.6 Å². The predicted molar refractivity (Wildman–Crippen MR) is 85.2 cm³/mol. The summed E-state index contributed by atoms with van der Waals surface area (Å²) in [5, 5.41) is 6.33. The van der Waals surface area contributed by atoms with Crippen LogP contribution in [0, 0.1) is 0 Å². The molecule has 0 bridgehead atoms. The topological polar surface area (TPSA) is 56.1 Å². The van der Waals surface area contributed by atoms with Crippen LogP contribution in [0.1, 0.15) is 6.92 Å². The summed E-state index contributed by atoms with van der Waals surface area (Å²) in [7, 11) is 0. The summed E-state index contributed by atoms with van der Waals surface area (Å²) < 4.78 is 31.1. The number of nitrogens with one attached hydrogen (secondary N) is 1. The molecule has 1 N–H and O–H groups in total. The van der Waals surface area contributed by atoms with Crippen molar-refractivity contribution in [3.05, 3.63) is 36.7 Å². The number of rotatable bonds is 7. The van der Waals surface area contributed by atoms with E-state index in [-0.39, 0.29) is 5.91 Å². The summed E-state index contributed by atoms with van der Waals surface area (Å²) in [5.74, 6) is 0.203. The molecule has 1 aromatic heterocycles. The normalized spacial score (nSPS) is 12.2. The number of ether oxygens (including phenoxy) is 1. The first-order valence-corrected chi connectivity index (χ1v) is 8.12. The van der Waals surface area contributed by atoms with Crippen molar-refractivity contribution in [3.63, 3.8) is 0 Å². The van der Waals surface area contributed by atoms with Crippen molar-refractivity contribution in [2.24, 2.45) is 0 Å². The van der Waals surface area contributed by atoms with E-state index in [1.165, 1.54) is 12.4 Å². The van der Waals surface area contributed by atoms with Gasteiger partial charge in [0.1, 0.15) is 12.3 Å². The Hall–Kier alpha value is -2.09. The smallest absolute Gasteiger partial charge is 0.265 e. The van der Waals surface area contributed by atoms with Crippen LogP contribution >= 0.6 is 11.8 Å². The van der Waals surface area contributed by atoms with Crippen LogP contribution in [0.5, 0.6) is 5.75 Å². The molecule has 5 nitrogen and oxygen atoms in total. The van der Waals surface area contributed by atoms with Gasteiger partial charge in [0.15, 0.2) is 6.10 Å². The van der Waals surface area contributed by atoms with Crippen molar-refractivity contribution in [1.29, 1.82) is 0 Å². The Labute approximate surface area is 137 Å². The molecule has 0 saturated heterocycles. The van der Waals surface area contributed by atoms with Gasteiger partial charge in [0.05, 0.1) is 11.9 Å². The van der Waals surface area contributed by atoms with Crippen LogP contribution in [0.25, 0.3) is 0 Å². The van der Waals surface area contributed by atoms with Gasteiger partial charge in [-0.3, -0.25) is 9.48 Å². The molecule has 8 heteroatoms. The van der Waals surface area contributed by atoms with Crippen LogP contribution in [-0.2, 0) is 11.3 Å². The van der Waals surface area contributed by atoms with Crippen molar-refractivity contribution in [1.82, 2.24) is 9.78 Å². The zero-order chi connectivity index (χ0) is 16.8. The van der Waals surface area contributed by atoms with E-state index in [1.807, 2.05) is 18.4 Å². The van der Waals surface area contributed by atoms with E-state index in [0.29, 0.717) is 11.4 Å². The number of thioether (sulfide) groups is 1. The third-order valence-corrected chi connectivity index (χ3v) is 3.71. The van der Waals surface area contributed by atoms with Crippen LogP contribution in [0.3, 0.4) is 0 Å². The van der Waals surface area contributed by atoms with E-state index in [4.69, 9.17) is 4.74 Å². The van der Waals surface area contributed by atoms with Gasteiger partial charge in [-0.25, -0.2) is 8.78 Å². The van der Waals surface area contributed by atoms with Gasteiger partial charge in [-0.05, 0) is 37.4 Å². The minimum Gasteiger partial charge on any atom is -0.481 e. The zero-order valence-electron chi connectivity index (χ0n) is 12.7. The second-order valence-corrected chi connectivity index (χ2v) is 5.65. The molecule has 0 spiro atoms. The molecule has 0 aliphatic carbocycles. The maximum atomic E-state index is 12.2. The maximum Gasteiger partial charge on any atom is 0.265 e. The Bertz CT molecular complexity index is 646. The van der Waals surface area contributed by atoms with E-state index in [2.05, 4.69) is 10.4 Å². The van der Waals surface area contributed by atoms with Gasteiger partial charge in [-0.2, -0.15) is 5.10 Å². The highest BCUT2D eigenvalue weighted by Crippen LogP contribution is 2.20. The molecule has 0 unspecified atom stereocenters. The lowest BCUT2D eigenvalue weighted by Crippen LogP contribution is -2.30. The third kappa shape index (κ3) is 5.24. The molecule has 2 rings (SSSR count). The third-order valence-electron chi connectivity index (χ3n) is 2.97. The average molecular weight is 341 g/mol. The molecule has 124 valence electrons. The highest BCUT2D eigenvalue weighted by molar-refractivity contribution is 7.98. The molecule has 23 heavy (non-hydrogen) atoms. The summed E-state index contributed by atoms with van der Waals surface area (Å²) in [6, 6.07) is 7.38. The number of carbonyl (C=O) groups is 1. The first-order valence-electron chi connectivity index (χ1n) is 6.90. The lowest BCUT2D eigenvalue weighted by Gasteiger charge is -2.14. The molecule has 0 saturated carbocycles. The van der Waals surface area contributed by atoms with Gasteiger partial charge in [-0.1, -0.05) is 0 Å². The Kier molecular flexibility index (Phi) is 5.97. The predicted octanol–water partition coefficient (Wildman–Crippen LogP) is 3.28. The molecular weight excluding hydrogens is 324 g/mol. The molecule has 0 aliphatic rings. The Balaban J connectivity index is 1.90. The summed E-state index contributed by atoms with van der Waals surface area (Å²) in [6.45, 7) is 1.10. The fourth-order valence-corrected chi connectivity index (χ4v) is 2.23. The van der Waals surface area contributed by atoms with Crippen LogP contribution in [0.4, 0.5) is 14.5 Å². The number of hydrogen-bond acceptors (Lipinski definition) is 4. The Morgan fingerprint density at radius 1 is 1.39 bits per heavy atom. The molecule has 1 aromatic carbocycles. The monoisotopic (exact) mass is 341 g/mol. The van der Waals surface area contributed by atoms with Gasteiger partial charge >= 0.3 is 0 Å². The molecule has 1 atom stereocenters. The molecule has 0 aliphatic heterocycles. The molecule has 1 heterocycles. The van der Waals surface area contributed by atoms with Gasteiger partial charge < -0.3 is 10.1 Å². The lowest BCUT2D eigenvalue weighted by atomic mass is 10.3. The van der Waals surface area contributed by atoms with E-state index >= 15 is 0 Å². The lowest BCUT2D eigenvalue weighted by molar-refractivity contribution is -0.122. The van der Waals surface area contributed by atoms with Crippen LogP contribution in [0.2, 0.25) is 0 Å². The Morgan fingerprint density at radius 2 is 2.09 bits per heavy atom. The number of benzene rings is 1. The van der Waals surface area contributed by atoms with Gasteiger partial charge in [0, 0.05) is 11.1 Å². The molecule has 0 radical (unpaired) electrons. The number of halogens is 2. The number of anilines is 1. The quantitative estimate of drug-likeness (QED) is 0.785. The molecule has 1 amide bonds. The highest BCUT2D eigenvalue weighted by atomic mass is 32.2. The van der Waals surface area contributed by atoms with E-state index in [0.717, 1.165) is 9.58 Å². The molecule has 2 aromatic rings. The number of alkyl halides is 2. The fourth-order valence-electron chi connectivity index (χ4n) is 1.83. The summed E-state index contributed by atoms with van der Waals surface area (Å²) in [6.07, 6.45) is 1.42. The Morgan fingerprint density at radius 3 is 2.70 bits per heavy atom. The first-order chi connectivity index (χ1) is 11.0. The van der Waals surface area contributed by atoms with Gasteiger partial charge in [-0.15, -0.1) is 11.8 Å². The second-order valence-electron chi connectivity index (χ2n) is 4.77. The fraction of sp³-hybridized carbons (Fsp3) is 0.333. The standard InChI is InChI=1S/C15H17F2N3O2S/c1-10(22-12-3-5-13(23-2)6-4-12)15(21)19-11-7-18-20(8-11)9-14(16)17/h3-8,10,14H,9H2,1-2H3,(H,19,21)/t10-/m0/s1. The van der Waals surface area contributed by atoms with Crippen LogP contribution in [0.15, 0.2) is 41.6 Å². The highest BCUT2D eigenvalue weighted by Gasteiger charge is 2.16. The minimum atomic E-state index is -2.50. The summed E-state index contributed by atoms with van der Waals surface area (Å²) in [5.41, 5.74) is 0.351. The van der Waals surface area contributed by atoms with Gasteiger partial charge in [0.25, 0.3) is 12.3 Å². The molecule has 0 fully saturated rings. The van der Waals surface area contributed by atoms with E-state index < -0.39 is 19.1 Å². The molecular formula is C15H17F2N3O2S. The number of amides is 1. The number of hydrogen-bond donors (Lipinski definition) is 1. The largest absolute Gasteiger partial charge is 0.481 e. The van der Waals surface area contributed by atoms with Crippen molar-refractivity contribution >= 4 is 23.4 Å². The number of aromatic nitrogens is 2. The first kappa shape index (κ1) is 17.3. The van der Waals surface area contributed by atoms with Crippen molar-refractivity contribution in [3.8, 4) is 5.75 Å².